The van der Waals surface area contributed by atoms with Gasteiger partial charge >= 0.3 is 0 Å². The van der Waals surface area contributed by atoms with Crippen LogP contribution in [-0.4, -0.2) is 0 Å². The molecule has 108 valence electrons. The fourth-order valence-corrected chi connectivity index (χ4v) is 3.04. The number of hydrogen-bond acceptors (Lipinski definition) is 1. The van der Waals surface area contributed by atoms with Gasteiger partial charge in [-0.25, -0.2) is 0 Å². The highest BCUT2D eigenvalue weighted by Gasteiger charge is 2.26. The first-order valence-electron chi connectivity index (χ1n) is 7.89. The molecular weight excluding hydrogens is 242 g/mol. The maximum Gasteiger partial charge on any atom is 0.0636 e. The Kier molecular flexibility index (Phi) is 5.19. The van der Waals surface area contributed by atoms with Crippen molar-refractivity contribution >= 4 is 0 Å². The van der Waals surface area contributed by atoms with E-state index in [-0.39, 0.29) is 5.54 Å². The van der Waals surface area contributed by atoms with E-state index < -0.39 is 0 Å². The van der Waals surface area contributed by atoms with Crippen molar-refractivity contribution < 1.29 is 0 Å². The molecular formula is C19H27N. The molecule has 1 aliphatic rings. The zero-order valence-electron chi connectivity index (χ0n) is 12.9. The molecule has 0 fully saturated rings. The van der Waals surface area contributed by atoms with Gasteiger partial charge in [-0.3, -0.25) is 0 Å². The Morgan fingerprint density at radius 3 is 2.70 bits per heavy atom. The summed E-state index contributed by atoms with van der Waals surface area (Å²) < 4.78 is 0. The Hall–Kier alpha value is -1.34. The summed E-state index contributed by atoms with van der Waals surface area (Å²) in [6.45, 7) is 4.48. The minimum Gasteiger partial charge on any atom is -0.318 e. The van der Waals surface area contributed by atoms with Gasteiger partial charge in [-0.2, -0.15) is 0 Å². The molecule has 0 amide bonds. The number of nitrogens with two attached hydrogens (primary N) is 1. The molecule has 20 heavy (non-hydrogen) atoms. The van der Waals surface area contributed by atoms with E-state index in [9.17, 15) is 0 Å². The van der Waals surface area contributed by atoms with E-state index in [1.165, 1.54) is 48.8 Å². The van der Waals surface area contributed by atoms with Crippen LogP contribution in [0.2, 0.25) is 0 Å². The summed E-state index contributed by atoms with van der Waals surface area (Å²) in [6, 6.07) is 6.61. The topological polar surface area (TPSA) is 26.0 Å². The molecule has 1 unspecified atom stereocenters. The summed E-state index contributed by atoms with van der Waals surface area (Å²) in [7, 11) is 0. The van der Waals surface area contributed by atoms with Gasteiger partial charge in [0.2, 0.25) is 0 Å². The predicted octanol–water partition coefficient (Wildman–Crippen LogP) is 4.79. The second kappa shape index (κ2) is 6.90. The molecule has 1 aromatic carbocycles. The van der Waals surface area contributed by atoms with Crippen molar-refractivity contribution in [2.45, 2.75) is 57.9 Å². The SMILES string of the molecule is CCCCCCc1cccc(C2(N)C=CC=CC2)c1C. The third-order valence-electron chi connectivity index (χ3n) is 4.34. The Labute approximate surface area is 123 Å². The van der Waals surface area contributed by atoms with Crippen molar-refractivity contribution in [1.82, 2.24) is 0 Å². The van der Waals surface area contributed by atoms with E-state index >= 15 is 0 Å². The van der Waals surface area contributed by atoms with Gasteiger partial charge in [0.25, 0.3) is 0 Å². The standard InChI is InChI=1S/C19H27N/c1-3-4-5-7-11-17-12-10-13-18(16(17)2)19(20)14-8-6-9-15-19/h6,8-10,12-14H,3-5,7,11,15,20H2,1-2H3. The van der Waals surface area contributed by atoms with Gasteiger partial charge in [0.05, 0.1) is 5.54 Å². The van der Waals surface area contributed by atoms with Crippen LogP contribution in [0.1, 0.15) is 55.7 Å². The lowest BCUT2D eigenvalue weighted by atomic mass is 9.81. The molecule has 0 spiro atoms. The molecule has 2 rings (SSSR count). The lowest BCUT2D eigenvalue weighted by Gasteiger charge is -2.29. The first-order chi connectivity index (χ1) is 9.67. The van der Waals surface area contributed by atoms with Gasteiger partial charge in [0.15, 0.2) is 0 Å². The first-order valence-corrected chi connectivity index (χ1v) is 7.89. The predicted molar refractivity (Wildman–Crippen MR) is 87.8 cm³/mol. The van der Waals surface area contributed by atoms with E-state index in [2.05, 4.69) is 56.4 Å². The van der Waals surface area contributed by atoms with Crippen molar-refractivity contribution in [3.8, 4) is 0 Å². The molecule has 0 saturated carbocycles. The average molecular weight is 269 g/mol. The van der Waals surface area contributed by atoms with E-state index in [0.29, 0.717) is 0 Å². The lowest BCUT2D eigenvalue weighted by molar-refractivity contribution is 0.560. The van der Waals surface area contributed by atoms with Crippen LogP contribution in [0.4, 0.5) is 0 Å². The van der Waals surface area contributed by atoms with Gasteiger partial charge in [-0.1, -0.05) is 68.7 Å². The van der Waals surface area contributed by atoms with Crippen LogP contribution >= 0.6 is 0 Å². The minimum atomic E-state index is -0.321. The molecule has 1 aliphatic carbocycles. The first kappa shape index (κ1) is 15.1. The summed E-state index contributed by atoms with van der Waals surface area (Å²) in [5.41, 5.74) is 10.4. The highest BCUT2D eigenvalue weighted by molar-refractivity contribution is 5.43. The number of benzene rings is 1. The summed E-state index contributed by atoms with van der Waals surface area (Å²) in [5.74, 6) is 0. The second-order valence-corrected chi connectivity index (χ2v) is 5.93. The quantitative estimate of drug-likeness (QED) is 0.738. The van der Waals surface area contributed by atoms with Crippen LogP contribution in [0, 0.1) is 6.92 Å². The summed E-state index contributed by atoms with van der Waals surface area (Å²) >= 11 is 0. The molecule has 0 saturated heterocycles. The van der Waals surface area contributed by atoms with E-state index in [1.807, 2.05) is 0 Å². The lowest BCUT2D eigenvalue weighted by Crippen LogP contribution is -2.35. The van der Waals surface area contributed by atoms with Crippen LogP contribution in [0.5, 0.6) is 0 Å². The number of unbranched alkanes of at least 4 members (excludes halogenated alkanes) is 3. The van der Waals surface area contributed by atoms with Crippen molar-refractivity contribution in [2.75, 3.05) is 0 Å². The molecule has 1 aromatic rings. The molecule has 0 aliphatic heterocycles. The molecule has 0 bridgehead atoms. The highest BCUT2D eigenvalue weighted by Crippen LogP contribution is 2.31. The van der Waals surface area contributed by atoms with Crippen molar-refractivity contribution in [2.24, 2.45) is 5.73 Å². The minimum absolute atomic E-state index is 0.321. The van der Waals surface area contributed by atoms with Crippen LogP contribution in [0.25, 0.3) is 0 Å². The molecule has 0 radical (unpaired) electrons. The van der Waals surface area contributed by atoms with Gasteiger partial charge in [0.1, 0.15) is 0 Å². The largest absolute Gasteiger partial charge is 0.318 e. The summed E-state index contributed by atoms with van der Waals surface area (Å²) in [5, 5.41) is 0. The summed E-state index contributed by atoms with van der Waals surface area (Å²) in [6.07, 6.45) is 15.8. The fourth-order valence-electron chi connectivity index (χ4n) is 3.04. The smallest absolute Gasteiger partial charge is 0.0636 e. The number of rotatable bonds is 6. The van der Waals surface area contributed by atoms with Crippen LogP contribution < -0.4 is 5.73 Å². The Bertz CT molecular complexity index is 498. The van der Waals surface area contributed by atoms with Crippen molar-refractivity contribution in [3.05, 3.63) is 59.2 Å². The molecule has 0 heterocycles. The second-order valence-electron chi connectivity index (χ2n) is 5.93. The molecule has 1 atom stereocenters. The van der Waals surface area contributed by atoms with E-state index in [1.54, 1.807) is 0 Å². The van der Waals surface area contributed by atoms with Crippen LogP contribution in [0.15, 0.2) is 42.5 Å². The Morgan fingerprint density at radius 1 is 1.15 bits per heavy atom. The zero-order chi connectivity index (χ0) is 14.4. The number of allylic oxidation sites excluding steroid dienone is 2. The zero-order valence-corrected chi connectivity index (χ0v) is 12.9. The van der Waals surface area contributed by atoms with Crippen LogP contribution in [0.3, 0.4) is 0 Å². The van der Waals surface area contributed by atoms with Gasteiger partial charge in [-0.05, 0) is 42.9 Å². The van der Waals surface area contributed by atoms with E-state index in [0.717, 1.165) is 6.42 Å². The van der Waals surface area contributed by atoms with Crippen molar-refractivity contribution in [3.63, 3.8) is 0 Å². The van der Waals surface area contributed by atoms with Crippen LogP contribution in [-0.2, 0) is 12.0 Å². The maximum atomic E-state index is 6.59. The monoisotopic (exact) mass is 269 g/mol. The van der Waals surface area contributed by atoms with Gasteiger partial charge in [-0.15, -0.1) is 0 Å². The molecule has 1 heteroatoms. The summed E-state index contributed by atoms with van der Waals surface area (Å²) in [4.78, 5) is 0. The van der Waals surface area contributed by atoms with Gasteiger partial charge < -0.3 is 5.73 Å². The number of aryl methyl sites for hydroxylation is 1. The van der Waals surface area contributed by atoms with Crippen molar-refractivity contribution in [1.29, 1.82) is 0 Å². The maximum absolute atomic E-state index is 6.59. The number of hydrogen-bond donors (Lipinski definition) is 1. The average Bonchev–Trinajstić information content (AvgIpc) is 2.46. The fraction of sp³-hybridized carbons (Fsp3) is 0.474. The Morgan fingerprint density at radius 2 is 2.00 bits per heavy atom. The van der Waals surface area contributed by atoms with Gasteiger partial charge in [0, 0.05) is 0 Å². The third-order valence-corrected chi connectivity index (χ3v) is 4.34. The molecule has 0 aromatic heterocycles. The molecule has 1 nitrogen and oxygen atoms in total. The normalized spacial score (nSPS) is 21.4. The Balaban J connectivity index is 2.15. The third kappa shape index (κ3) is 3.40. The van der Waals surface area contributed by atoms with E-state index in [4.69, 9.17) is 5.73 Å². The molecule has 2 N–H and O–H groups in total. The highest BCUT2D eigenvalue weighted by atomic mass is 14.7.